The molecule has 0 aliphatic rings. The van der Waals surface area contributed by atoms with Crippen LogP contribution in [0.3, 0.4) is 0 Å². The first kappa shape index (κ1) is 13.4. The van der Waals surface area contributed by atoms with Gasteiger partial charge in [-0.05, 0) is 19.1 Å². The molecule has 3 rings (SSSR count). The largest absolute Gasteiger partial charge is 0.323 e. The highest BCUT2D eigenvalue weighted by Crippen LogP contribution is 2.20. The van der Waals surface area contributed by atoms with Crippen LogP contribution in [0.25, 0.3) is 11.0 Å². The number of carbonyl (C=O) groups is 1. The van der Waals surface area contributed by atoms with E-state index in [0.717, 1.165) is 17.2 Å². The summed E-state index contributed by atoms with van der Waals surface area (Å²) in [6.45, 7) is 1.63. The Balaban J connectivity index is 1.80. The molecule has 106 valence electrons. The number of aromatic nitrogens is 4. The highest BCUT2D eigenvalue weighted by molar-refractivity contribution is 7.00. The molecule has 0 saturated heterocycles. The van der Waals surface area contributed by atoms with Crippen LogP contribution in [-0.2, 0) is 11.3 Å². The van der Waals surface area contributed by atoms with Crippen molar-refractivity contribution in [1.29, 1.82) is 0 Å². The van der Waals surface area contributed by atoms with Gasteiger partial charge in [-0.25, -0.2) is 4.98 Å². The molecular weight excluding hydrogens is 290 g/mol. The maximum atomic E-state index is 12.0. The van der Waals surface area contributed by atoms with E-state index in [9.17, 15) is 9.59 Å². The van der Waals surface area contributed by atoms with E-state index < -0.39 is 0 Å². The van der Waals surface area contributed by atoms with Gasteiger partial charge in [0.25, 0.3) is 5.56 Å². The third kappa shape index (κ3) is 2.79. The number of anilines is 1. The molecule has 2 aromatic heterocycles. The molecular formula is C13H11N5O2S. The smallest absolute Gasteiger partial charge is 0.253 e. The van der Waals surface area contributed by atoms with E-state index in [1.807, 2.05) is 6.07 Å². The van der Waals surface area contributed by atoms with Crippen LogP contribution >= 0.6 is 11.7 Å². The monoisotopic (exact) mass is 301 g/mol. The van der Waals surface area contributed by atoms with Crippen LogP contribution in [0.2, 0.25) is 0 Å². The van der Waals surface area contributed by atoms with Gasteiger partial charge in [0.2, 0.25) is 5.91 Å². The second kappa shape index (κ2) is 5.41. The maximum absolute atomic E-state index is 12.0. The van der Waals surface area contributed by atoms with Crippen molar-refractivity contribution in [3.8, 4) is 0 Å². The molecule has 0 saturated carbocycles. The zero-order valence-electron chi connectivity index (χ0n) is 11.1. The van der Waals surface area contributed by atoms with Gasteiger partial charge in [-0.15, -0.1) is 0 Å². The van der Waals surface area contributed by atoms with Gasteiger partial charge in [0.05, 0.1) is 23.7 Å². The molecule has 21 heavy (non-hydrogen) atoms. The quantitative estimate of drug-likeness (QED) is 0.785. The van der Waals surface area contributed by atoms with Crippen molar-refractivity contribution in [2.75, 3.05) is 5.32 Å². The van der Waals surface area contributed by atoms with Crippen molar-refractivity contribution in [2.24, 2.45) is 0 Å². The lowest BCUT2D eigenvalue weighted by Gasteiger charge is -2.07. The normalized spacial score (nSPS) is 10.7. The summed E-state index contributed by atoms with van der Waals surface area (Å²) in [4.78, 5) is 27.8. The molecule has 0 aliphatic carbocycles. The van der Waals surface area contributed by atoms with Crippen molar-refractivity contribution in [1.82, 2.24) is 18.3 Å². The van der Waals surface area contributed by atoms with Crippen LogP contribution in [0.4, 0.5) is 5.69 Å². The predicted octanol–water partition coefficient (Wildman–Crippen LogP) is 1.20. The van der Waals surface area contributed by atoms with E-state index in [4.69, 9.17) is 0 Å². The number of hydrogen-bond acceptors (Lipinski definition) is 6. The summed E-state index contributed by atoms with van der Waals surface area (Å²) in [6.07, 6.45) is 1.36. The SMILES string of the molecule is Cc1cc(=O)n(CC(=O)Nc2cccc3nsnc23)cn1. The lowest BCUT2D eigenvalue weighted by Crippen LogP contribution is -2.27. The summed E-state index contributed by atoms with van der Waals surface area (Å²) in [5.41, 5.74) is 2.32. The molecule has 2 heterocycles. The fourth-order valence-electron chi connectivity index (χ4n) is 1.89. The van der Waals surface area contributed by atoms with E-state index in [0.29, 0.717) is 16.9 Å². The van der Waals surface area contributed by atoms with Crippen LogP contribution in [0.15, 0.2) is 35.4 Å². The Hall–Kier alpha value is -2.61. The number of amides is 1. The number of benzene rings is 1. The summed E-state index contributed by atoms with van der Waals surface area (Å²) in [5, 5.41) is 2.74. The first-order chi connectivity index (χ1) is 10.1. The third-order valence-corrected chi connectivity index (χ3v) is 3.43. The third-order valence-electron chi connectivity index (χ3n) is 2.89. The van der Waals surface area contributed by atoms with Crippen LogP contribution in [0, 0.1) is 6.92 Å². The lowest BCUT2D eigenvalue weighted by molar-refractivity contribution is -0.116. The van der Waals surface area contributed by atoms with E-state index in [1.54, 1.807) is 19.1 Å². The number of nitrogens with one attached hydrogen (secondary N) is 1. The molecule has 0 unspecified atom stereocenters. The summed E-state index contributed by atoms with van der Waals surface area (Å²) in [5.74, 6) is -0.316. The minimum atomic E-state index is -0.316. The number of carbonyl (C=O) groups excluding carboxylic acids is 1. The van der Waals surface area contributed by atoms with Crippen LogP contribution < -0.4 is 10.9 Å². The molecule has 0 fully saturated rings. The second-order valence-electron chi connectivity index (χ2n) is 4.48. The van der Waals surface area contributed by atoms with E-state index in [2.05, 4.69) is 19.0 Å². The second-order valence-corrected chi connectivity index (χ2v) is 5.01. The highest BCUT2D eigenvalue weighted by Gasteiger charge is 2.09. The van der Waals surface area contributed by atoms with Gasteiger partial charge in [0, 0.05) is 11.8 Å². The van der Waals surface area contributed by atoms with Crippen LogP contribution in [0.5, 0.6) is 0 Å². The molecule has 0 aliphatic heterocycles. The topological polar surface area (TPSA) is 89.8 Å². The summed E-state index contributed by atoms with van der Waals surface area (Å²) >= 11 is 1.09. The fourth-order valence-corrected chi connectivity index (χ4v) is 2.44. The predicted molar refractivity (Wildman–Crippen MR) is 79.3 cm³/mol. The van der Waals surface area contributed by atoms with Crippen molar-refractivity contribution < 1.29 is 4.79 Å². The molecule has 1 N–H and O–H groups in total. The average Bonchev–Trinajstić information content (AvgIpc) is 2.91. The Bertz CT molecular complexity index is 870. The van der Waals surface area contributed by atoms with Gasteiger partial charge in [0.1, 0.15) is 17.6 Å². The minimum Gasteiger partial charge on any atom is -0.323 e. The van der Waals surface area contributed by atoms with Crippen molar-refractivity contribution >= 4 is 34.4 Å². The molecule has 8 heteroatoms. The van der Waals surface area contributed by atoms with Gasteiger partial charge in [0.15, 0.2) is 0 Å². The molecule has 1 amide bonds. The highest BCUT2D eigenvalue weighted by atomic mass is 32.1. The molecule has 7 nitrogen and oxygen atoms in total. The molecule has 0 bridgehead atoms. The van der Waals surface area contributed by atoms with E-state index >= 15 is 0 Å². The zero-order chi connectivity index (χ0) is 14.8. The number of fused-ring (bicyclic) bond motifs is 1. The summed E-state index contributed by atoms with van der Waals surface area (Å²) in [6, 6.07) is 6.75. The summed E-state index contributed by atoms with van der Waals surface area (Å²) < 4.78 is 9.50. The van der Waals surface area contributed by atoms with Crippen molar-refractivity contribution in [3.05, 3.63) is 46.6 Å². The summed E-state index contributed by atoms with van der Waals surface area (Å²) in [7, 11) is 0. The first-order valence-corrected chi connectivity index (χ1v) is 6.91. The van der Waals surface area contributed by atoms with Gasteiger partial charge in [-0.2, -0.15) is 8.75 Å². The first-order valence-electron chi connectivity index (χ1n) is 6.18. The molecule has 0 radical (unpaired) electrons. The Morgan fingerprint density at radius 2 is 2.24 bits per heavy atom. The van der Waals surface area contributed by atoms with Crippen LogP contribution in [-0.4, -0.2) is 24.2 Å². The molecule has 1 aromatic carbocycles. The maximum Gasteiger partial charge on any atom is 0.253 e. The Labute approximate surface area is 123 Å². The van der Waals surface area contributed by atoms with Crippen LogP contribution in [0.1, 0.15) is 5.69 Å². The standard InChI is InChI=1S/C13H11N5O2S/c1-8-5-12(20)18(7-14-8)6-11(19)15-9-3-2-4-10-13(9)17-21-16-10/h2-5,7H,6H2,1H3,(H,15,19). The van der Waals surface area contributed by atoms with E-state index in [-0.39, 0.29) is 18.0 Å². The molecule has 0 atom stereocenters. The van der Waals surface area contributed by atoms with Gasteiger partial charge >= 0.3 is 0 Å². The zero-order valence-corrected chi connectivity index (χ0v) is 11.9. The molecule has 0 spiro atoms. The van der Waals surface area contributed by atoms with Crippen molar-refractivity contribution in [3.63, 3.8) is 0 Å². The molecule has 3 aromatic rings. The van der Waals surface area contributed by atoms with Gasteiger partial charge in [-0.1, -0.05) is 6.07 Å². The average molecular weight is 301 g/mol. The number of hydrogen-bond donors (Lipinski definition) is 1. The number of rotatable bonds is 3. The number of nitrogens with zero attached hydrogens (tertiary/aromatic N) is 4. The number of aryl methyl sites for hydroxylation is 1. The van der Waals surface area contributed by atoms with Gasteiger partial charge < -0.3 is 5.32 Å². The van der Waals surface area contributed by atoms with Crippen molar-refractivity contribution in [2.45, 2.75) is 13.5 Å². The van der Waals surface area contributed by atoms with E-state index in [1.165, 1.54) is 17.0 Å². The Morgan fingerprint density at radius 1 is 1.38 bits per heavy atom. The fraction of sp³-hybridized carbons (Fsp3) is 0.154. The van der Waals surface area contributed by atoms with Gasteiger partial charge in [-0.3, -0.25) is 14.2 Å². The lowest BCUT2D eigenvalue weighted by atomic mass is 10.2. The Morgan fingerprint density at radius 3 is 3.05 bits per heavy atom. The Kier molecular flexibility index (Phi) is 3.44. The minimum absolute atomic E-state index is 0.0972.